The Morgan fingerprint density at radius 2 is 1.43 bits per heavy atom. The molecule has 174 valence electrons. The van der Waals surface area contributed by atoms with Crippen LogP contribution >= 0.6 is 11.6 Å². The summed E-state index contributed by atoms with van der Waals surface area (Å²) in [5, 5.41) is 0.834. The molecule has 1 aliphatic rings. The number of halogens is 1. The molecule has 0 saturated heterocycles. The predicted octanol–water partition coefficient (Wildman–Crippen LogP) is 9.43. The van der Waals surface area contributed by atoms with Gasteiger partial charge in [-0.3, -0.25) is 0 Å². The van der Waals surface area contributed by atoms with Crippen LogP contribution in [0, 0.1) is 17.8 Å². The van der Waals surface area contributed by atoms with Crippen molar-refractivity contribution in [2.24, 2.45) is 23.5 Å². The van der Waals surface area contributed by atoms with Gasteiger partial charge in [0.05, 0.1) is 0 Å². The molecule has 2 N–H and O–H groups in total. The lowest BCUT2D eigenvalue weighted by Gasteiger charge is -2.27. The van der Waals surface area contributed by atoms with E-state index < -0.39 is 0 Å². The number of hydrogen-bond donors (Lipinski definition) is 1. The summed E-state index contributed by atoms with van der Waals surface area (Å²) in [6.07, 6.45) is 10.9. The molecule has 0 radical (unpaired) electrons. The van der Waals surface area contributed by atoms with Crippen LogP contribution in [0.2, 0.25) is 5.02 Å². The minimum atomic E-state index is 0.724. The van der Waals surface area contributed by atoms with E-state index in [0.29, 0.717) is 0 Å². The summed E-state index contributed by atoms with van der Waals surface area (Å²) in [6, 6.07) is 8.32. The number of nitrogens with two attached hydrogens (primary N) is 1. The molecule has 1 fully saturated rings. The molecule has 1 aromatic rings. The fourth-order valence-corrected chi connectivity index (χ4v) is 4.87. The highest BCUT2D eigenvalue weighted by Gasteiger charge is 2.27. The molecule has 1 aliphatic carbocycles. The number of hydrogen-bond acceptors (Lipinski definition) is 1. The standard InChI is InChI=1S/C13H19Cl.C12H22.C2H4.CH5N/c1-3-5-11(6-4-2)12-7-9-13(14)10-8-12;1-9(2)12(10(3)4)11-7-5-6-8-11;2*1-2/h7-11H,3-6H2,1-2H3;10-12H,1,5-8H2,2-4H3;1-2H2;2H2,1H3. The normalized spacial score (nSPS) is 14.1. The Morgan fingerprint density at radius 1 is 1.00 bits per heavy atom. The lowest BCUT2D eigenvalue weighted by Crippen LogP contribution is -2.18. The first-order chi connectivity index (χ1) is 14.4. The van der Waals surface area contributed by atoms with E-state index in [1.54, 1.807) is 0 Å². The average Bonchev–Trinajstić information content (AvgIpc) is 3.25. The Kier molecular flexibility index (Phi) is 20.6. The Balaban J connectivity index is 0. The molecule has 1 aromatic carbocycles. The minimum absolute atomic E-state index is 0.724. The molecule has 1 atom stereocenters. The zero-order chi connectivity index (χ0) is 23.5. The summed E-state index contributed by atoms with van der Waals surface area (Å²) in [5.41, 5.74) is 7.34. The molecule has 0 spiro atoms. The third-order valence-electron chi connectivity index (χ3n) is 5.81. The van der Waals surface area contributed by atoms with Gasteiger partial charge in [-0.2, -0.15) is 0 Å². The van der Waals surface area contributed by atoms with E-state index in [1.165, 1.54) is 69.6 Å². The third-order valence-corrected chi connectivity index (χ3v) is 6.06. The van der Waals surface area contributed by atoms with Crippen LogP contribution in [0.5, 0.6) is 0 Å². The van der Waals surface area contributed by atoms with E-state index in [1.807, 2.05) is 12.1 Å². The summed E-state index contributed by atoms with van der Waals surface area (Å²) in [6.45, 7) is 21.5. The molecule has 2 heteroatoms. The SMILES string of the molecule is C=C.C=C(C)C(C(C)C)C1CCCC1.CCCC(CCC)c1ccc(Cl)cc1.CN. The van der Waals surface area contributed by atoms with Gasteiger partial charge < -0.3 is 5.73 Å². The predicted molar refractivity (Wildman–Crippen MR) is 140 cm³/mol. The van der Waals surface area contributed by atoms with Crippen LogP contribution in [-0.2, 0) is 0 Å². The molecule has 0 aromatic heterocycles. The quantitative estimate of drug-likeness (QED) is 0.404. The van der Waals surface area contributed by atoms with Crippen molar-refractivity contribution in [2.45, 2.75) is 91.9 Å². The van der Waals surface area contributed by atoms with Crippen molar-refractivity contribution in [3.05, 3.63) is 60.2 Å². The van der Waals surface area contributed by atoms with E-state index in [0.717, 1.165) is 28.7 Å². The van der Waals surface area contributed by atoms with Gasteiger partial charge in [0, 0.05) is 5.02 Å². The van der Waals surface area contributed by atoms with Gasteiger partial charge in [-0.05, 0) is 81.0 Å². The maximum absolute atomic E-state index is 5.87. The lowest BCUT2D eigenvalue weighted by atomic mass is 9.78. The largest absolute Gasteiger partial charge is 0.333 e. The van der Waals surface area contributed by atoms with Crippen molar-refractivity contribution in [1.82, 2.24) is 0 Å². The highest BCUT2D eigenvalue weighted by Crippen LogP contribution is 2.38. The molecule has 1 unspecified atom stereocenters. The van der Waals surface area contributed by atoms with Crippen molar-refractivity contribution in [2.75, 3.05) is 7.05 Å². The topological polar surface area (TPSA) is 26.0 Å². The van der Waals surface area contributed by atoms with Gasteiger partial charge >= 0.3 is 0 Å². The van der Waals surface area contributed by atoms with E-state index in [4.69, 9.17) is 11.6 Å². The number of allylic oxidation sites excluding steroid dienone is 1. The first kappa shape index (κ1) is 31.1. The molecule has 0 amide bonds. The fraction of sp³-hybridized carbons (Fsp3) is 0.643. The molecular weight excluding hydrogens is 386 g/mol. The second-order valence-corrected chi connectivity index (χ2v) is 8.92. The molecule has 1 saturated carbocycles. The molecule has 1 nitrogen and oxygen atoms in total. The van der Waals surface area contributed by atoms with Gasteiger partial charge in [-0.25, -0.2) is 0 Å². The third kappa shape index (κ3) is 12.6. The molecule has 30 heavy (non-hydrogen) atoms. The second kappa shape index (κ2) is 19.9. The highest BCUT2D eigenvalue weighted by molar-refractivity contribution is 6.30. The van der Waals surface area contributed by atoms with Crippen LogP contribution < -0.4 is 5.73 Å². The van der Waals surface area contributed by atoms with E-state index in [-0.39, 0.29) is 0 Å². The first-order valence-electron chi connectivity index (χ1n) is 11.9. The first-order valence-corrected chi connectivity index (χ1v) is 12.3. The molecule has 0 aliphatic heterocycles. The average molecular weight is 436 g/mol. The van der Waals surface area contributed by atoms with Gasteiger partial charge in [0.1, 0.15) is 0 Å². The van der Waals surface area contributed by atoms with Crippen LogP contribution in [0.25, 0.3) is 0 Å². The van der Waals surface area contributed by atoms with Crippen LogP contribution in [0.15, 0.2) is 49.6 Å². The van der Waals surface area contributed by atoms with Crippen molar-refractivity contribution >= 4 is 11.6 Å². The smallest absolute Gasteiger partial charge is 0.0406 e. The minimum Gasteiger partial charge on any atom is -0.333 e. The Labute approximate surface area is 194 Å². The monoisotopic (exact) mass is 435 g/mol. The van der Waals surface area contributed by atoms with Crippen LogP contribution in [0.1, 0.15) is 97.5 Å². The zero-order valence-corrected chi connectivity index (χ0v) is 21.6. The maximum atomic E-state index is 5.87. The molecular formula is C28H50ClN. The van der Waals surface area contributed by atoms with Gasteiger partial charge in [-0.15, -0.1) is 13.2 Å². The second-order valence-electron chi connectivity index (χ2n) is 8.49. The van der Waals surface area contributed by atoms with Crippen LogP contribution in [0.4, 0.5) is 0 Å². The van der Waals surface area contributed by atoms with Gasteiger partial charge in [0.25, 0.3) is 0 Å². The van der Waals surface area contributed by atoms with Crippen LogP contribution in [-0.4, -0.2) is 7.05 Å². The van der Waals surface area contributed by atoms with E-state index in [2.05, 4.69) is 72.2 Å². The van der Waals surface area contributed by atoms with Crippen LogP contribution in [0.3, 0.4) is 0 Å². The Hall–Kier alpha value is -1.05. The number of benzene rings is 1. The summed E-state index contributed by atoms with van der Waals surface area (Å²) >= 11 is 5.87. The molecule has 2 rings (SSSR count). The number of rotatable bonds is 8. The molecule has 0 bridgehead atoms. The lowest BCUT2D eigenvalue weighted by molar-refractivity contribution is 0.302. The van der Waals surface area contributed by atoms with Crippen molar-refractivity contribution in [3.8, 4) is 0 Å². The fourth-order valence-electron chi connectivity index (χ4n) is 4.74. The molecule has 0 heterocycles. The Bertz CT molecular complexity index is 508. The van der Waals surface area contributed by atoms with Gasteiger partial charge in [-0.1, -0.05) is 89.3 Å². The highest BCUT2D eigenvalue weighted by atomic mass is 35.5. The van der Waals surface area contributed by atoms with Crippen molar-refractivity contribution in [3.63, 3.8) is 0 Å². The van der Waals surface area contributed by atoms with Gasteiger partial charge in [0.2, 0.25) is 0 Å². The van der Waals surface area contributed by atoms with Crippen molar-refractivity contribution in [1.29, 1.82) is 0 Å². The van der Waals surface area contributed by atoms with Gasteiger partial charge in [0.15, 0.2) is 0 Å². The zero-order valence-electron chi connectivity index (χ0n) is 20.9. The summed E-state index contributed by atoms with van der Waals surface area (Å²) in [4.78, 5) is 0. The summed E-state index contributed by atoms with van der Waals surface area (Å²) in [7, 11) is 1.50. The van der Waals surface area contributed by atoms with E-state index in [9.17, 15) is 0 Å². The maximum Gasteiger partial charge on any atom is 0.0406 e. The Morgan fingerprint density at radius 3 is 1.77 bits per heavy atom. The summed E-state index contributed by atoms with van der Waals surface area (Å²) < 4.78 is 0. The van der Waals surface area contributed by atoms with E-state index >= 15 is 0 Å². The van der Waals surface area contributed by atoms with Crippen molar-refractivity contribution < 1.29 is 0 Å². The summed E-state index contributed by atoms with van der Waals surface area (Å²) in [5.74, 6) is 3.24.